The van der Waals surface area contributed by atoms with E-state index in [2.05, 4.69) is 20.3 Å². The SMILES string of the molecule is CSc1nc(N)cc(N(C)Cc2csc(C)n2)n1. The standard InChI is InChI=1S/C11H15N5S2/c1-7-13-8(6-18-7)5-16(2)10-4-9(12)14-11(15-10)17-3/h4,6H,5H2,1-3H3,(H2,12,14,15). The van der Waals surface area contributed by atoms with Crippen molar-refractivity contribution in [2.75, 3.05) is 23.9 Å². The first kappa shape index (κ1) is 13.1. The van der Waals surface area contributed by atoms with Gasteiger partial charge in [-0.3, -0.25) is 0 Å². The molecule has 0 saturated heterocycles. The molecule has 0 bridgehead atoms. The Kier molecular flexibility index (Phi) is 4.03. The molecule has 0 amide bonds. The first-order valence-corrected chi connectivity index (χ1v) is 7.49. The third-order valence-electron chi connectivity index (χ3n) is 2.35. The quantitative estimate of drug-likeness (QED) is 0.684. The smallest absolute Gasteiger partial charge is 0.191 e. The summed E-state index contributed by atoms with van der Waals surface area (Å²) in [5.74, 6) is 1.31. The Labute approximate surface area is 114 Å². The van der Waals surface area contributed by atoms with Gasteiger partial charge in [-0.15, -0.1) is 11.3 Å². The minimum Gasteiger partial charge on any atom is -0.383 e. The highest BCUT2D eigenvalue weighted by atomic mass is 32.2. The molecule has 0 aliphatic rings. The maximum absolute atomic E-state index is 5.77. The molecule has 2 aromatic rings. The Morgan fingerprint density at radius 1 is 1.39 bits per heavy atom. The summed E-state index contributed by atoms with van der Waals surface area (Å²) in [6, 6.07) is 1.78. The Morgan fingerprint density at radius 3 is 2.78 bits per heavy atom. The van der Waals surface area contributed by atoms with Crippen molar-refractivity contribution < 1.29 is 0 Å². The van der Waals surface area contributed by atoms with Crippen molar-refractivity contribution in [3.8, 4) is 0 Å². The Morgan fingerprint density at radius 2 is 2.17 bits per heavy atom. The number of thiazole rings is 1. The number of aromatic nitrogens is 3. The molecular formula is C11H15N5S2. The highest BCUT2D eigenvalue weighted by Gasteiger charge is 2.09. The van der Waals surface area contributed by atoms with E-state index in [0.717, 1.165) is 16.5 Å². The van der Waals surface area contributed by atoms with Crippen LogP contribution in [-0.4, -0.2) is 28.3 Å². The maximum atomic E-state index is 5.77. The molecule has 0 saturated carbocycles. The molecule has 0 aliphatic heterocycles. The van der Waals surface area contributed by atoms with Crippen molar-refractivity contribution in [3.63, 3.8) is 0 Å². The molecule has 0 unspecified atom stereocenters. The lowest BCUT2D eigenvalue weighted by Gasteiger charge is -2.17. The number of anilines is 2. The Hall–Kier alpha value is -1.34. The second-order valence-corrected chi connectivity index (χ2v) is 5.69. The summed E-state index contributed by atoms with van der Waals surface area (Å²) in [5, 5.41) is 3.82. The normalized spacial score (nSPS) is 10.6. The Bertz CT molecular complexity index is 540. The minimum absolute atomic E-state index is 0.491. The first-order chi connectivity index (χ1) is 8.58. The van der Waals surface area contributed by atoms with Gasteiger partial charge in [0.25, 0.3) is 0 Å². The van der Waals surface area contributed by atoms with Crippen LogP contribution in [0.15, 0.2) is 16.6 Å². The van der Waals surface area contributed by atoms with E-state index in [1.165, 1.54) is 11.8 Å². The van der Waals surface area contributed by atoms with Gasteiger partial charge in [0.15, 0.2) is 5.16 Å². The summed E-state index contributed by atoms with van der Waals surface area (Å²) in [7, 11) is 1.97. The molecule has 5 nitrogen and oxygen atoms in total. The van der Waals surface area contributed by atoms with Gasteiger partial charge in [-0.05, 0) is 13.2 Å². The lowest BCUT2D eigenvalue weighted by atomic mass is 10.4. The van der Waals surface area contributed by atoms with Crippen molar-refractivity contribution in [3.05, 3.63) is 22.1 Å². The fraction of sp³-hybridized carbons (Fsp3) is 0.364. The summed E-state index contributed by atoms with van der Waals surface area (Å²) >= 11 is 3.14. The molecule has 0 radical (unpaired) electrons. The van der Waals surface area contributed by atoms with Gasteiger partial charge in [0.2, 0.25) is 0 Å². The highest BCUT2D eigenvalue weighted by molar-refractivity contribution is 7.98. The number of aryl methyl sites for hydroxylation is 1. The van der Waals surface area contributed by atoms with Crippen LogP contribution in [0.5, 0.6) is 0 Å². The van der Waals surface area contributed by atoms with Gasteiger partial charge in [-0.25, -0.2) is 15.0 Å². The molecule has 2 heterocycles. The minimum atomic E-state index is 0.491. The largest absolute Gasteiger partial charge is 0.383 e. The fourth-order valence-corrected chi connectivity index (χ4v) is 2.51. The fourth-order valence-electron chi connectivity index (χ4n) is 1.52. The van der Waals surface area contributed by atoms with Gasteiger partial charge in [-0.2, -0.15) is 0 Å². The second kappa shape index (κ2) is 5.53. The van der Waals surface area contributed by atoms with Crippen LogP contribution in [0.4, 0.5) is 11.6 Å². The molecule has 2 rings (SSSR count). The monoisotopic (exact) mass is 281 g/mol. The Balaban J connectivity index is 2.17. The van der Waals surface area contributed by atoms with E-state index in [-0.39, 0.29) is 0 Å². The number of hydrogen-bond acceptors (Lipinski definition) is 7. The van der Waals surface area contributed by atoms with Gasteiger partial charge < -0.3 is 10.6 Å². The van der Waals surface area contributed by atoms with Crippen LogP contribution in [0.1, 0.15) is 10.7 Å². The van der Waals surface area contributed by atoms with Crippen LogP contribution >= 0.6 is 23.1 Å². The van der Waals surface area contributed by atoms with Crippen LogP contribution in [0.25, 0.3) is 0 Å². The van der Waals surface area contributed by atoms with Gasteiger partial charge in [-0.1, -0.05) is 11.8 Å². The third kappa shape index (κ3) is 3.11. The van der Waals surface area contributed by atoms with E-state index in [9.17, 15) is 0 Å². The average molecular weight is 281 g/mol. The molecular weight excluding hydrogens is 266 g/mol. The van der Waals surface area contributed by atoms with Crippen molar-refractivity contribution in [2.45, 2.75) is 18.6 Å². The molecule has 0 fully saturated rings. The van der Waals surface area contributed by atoms with Crippen molar-refractivity contribution in [1.82, 2.24) is 15.0 Å². The van der Waals surface area contributed by atoms with Crippen molar-refractivity contribution in [1.29, 1.82) is 0 Å². The number of nitrogens with two attached hydrogens (primary N) is 1. The van der Waals surface area contributed by atoms with Gasteiger partial charge in [0.1, 0.15) is 11.6 Å². The highest BCUT2D eigenvalue weighted by Crippen LogP contribution is 2.19. The van der Waals surface area contributed by atoms with Crippen molar-refractivity contribution >= 4 is 34.7 Å². The molecule has 0 aliphatic carbocycles. The van der Waals surface area contributed by atoms with E-state index in [4.69, 9.17) is 5.73 Å². The topological polar surface area (TPSA) is 67.9 Å². The molecule has 2 aromatic heterocycles. The summed E-state index contributed by atoms with van der Waals surface area (Å²) in [5.41, 5.74) is 6.81. The number of hydrogen-bond donors (Lipinski definition) is 1. The van der Waals surface area contributed by atoms with Crippen LogP contribution < -0.4 is 10.6 Å². The number of nitrogens with zero attached hydrogens (tertiary/aromatic N) is 4. The summed E-state index contributed by atoms with van der Waals surface area (Å²) < 4.78 is 0. The predicted octanol–water partition coefficient (Wildman–Crippen LogP) is 2.18. The molecule has 0 aromatic carbocycles. The summed E-state index contributed by atoms with van der Waals surface area (Å²) in [6.07, 6.45) is 1.93. The number of nitrogen functional groups attached to an aromatic ring is 1. The van der Waals surface area contributed by atoms with E-state index < -0.39 is 0 Å². The van der Waals surface area contributed by atoms with Crippen LogP contribution in [0.3, 0.4) is 0 Å². The summed E-state index contributed by atoms with van der Waals surface area (Å²) in [6.45, 7) is 2.72. The predicted molar refractivity (Wildman–Crippen MR) is 77.2 cm³/mol. The van der Waals surface area contributed by atoms with Crippen LogP contribution in [-0.2, 0) is 6.54 Å². The molecule has 0 spiro atoms. The first-order valence-electron chi connectivity index (χ1n) is 5.39. The molecule has 7 heteroatoms. The third-order valence-corrected chi connectivity index (χ3v) is 3.72. The average Bonchev–Trinajstić information content (AvgIpc) is 2.73. The zero-order chi connectivity index (χ0) is 13.1. The molecule has 18 heavy (non-hydrogen) atoms. The molecule has 2 N–H and O–H groups in total. The van der Waals surface area contributed by atoms with Crippen LogP contribution in [0, 0.1) is 6.92 Å². The maximum Gasteiger partial charge on any atom is 0.191 e. The number of rotatable bonds is 4. The number of thioether (sulfide) groups is 1. The van der Waals surface area contributed by atoms with Gasteiger partial charge in [0.05, 0.1) is 17.2 Å². The zero-order valence-corrected chi connectivity index (χ0v) is 12.2. The van der Waals surface area contributed by atoms with Crippen molar-refractivity contribution in [2.24, 2.45) is 0 Å². The molecule has 96 valence electrons. The lowest BCUT2D eigenvalue weighted by Crippen LogP contribution is -2.18. The van der Waals surface area contributed by atoms with E-state index in [1.807, 2.05) is 25.1 Å². The van der Waals surface area contributed by atoms with E-state index >= 15 is 0 Å². The zero-order valence-electron chi connectivity index (χ0n) is 10.5. The van der Waals surface area contributed by atoms with Gasteiger partial charge in [0, 0.05) is 18.5 Å². The van der Waals surface area contributed by atoms with E-state index in [1.54, 1.807) is 17.4 Å². The lowest BCUT2D eigenvalue weighted by molar-refractivity contribution is 0.842. The summed E-state index contributed by atoms with van der Waals surface area (Å²) in [4.78, 5) is 15.0. The van der Waals surface area contributed by atoms with Gasteiger partial charge >= 0.3 is 0 Å². The van der Waals surface area contributed by atoms with E-state index in [0.29, 0.717) is 17.5 Å². The second-order valence-electron chi connectivity index (χ2n) is 3.85. The molecule has 0 atom stereocenters. The van der Waals surface area contributed by atoms with Crippen LogP contribution in [0.2, 0.25) is 0 Å².